The van der Waals surface area contributed by atoms with Crippen LogP contribution in [-0.4, -0.2) is 30.3 Å². The Bertz CT molecular complexity index is 406. The van der Waals surface area contributed by atoms with E-state index < -0.39 is 18.5 Å². The van der Waals surface area contributed by atoms with Crippen molar-refractivity contribution in [3.05, 3.63) is 24.3 Å². The average Bonchev–Trinajstić information content (AvgIpc) is 2.27. The third kappa shape index (κ3) is 4.87. The number of carboxylic acid groups (broad SMARTS) is 1. The van der Waals surface area contributed by atoms with Gasteiger partial charge in [0.15, 0.2) is 0 Å². The maximum Gasteiger partial charge on any atom is 0.323 e. The molecular weight excluding hydrogens is 224 g/mol. The lowest BCUT2D eigenvalue weighted by Gasteiger charge is -2.08. The molecule has 0 aliphatic rings. The number of hydrogen-bond acceptors (Lipinski definition) is 3. The molecule has 3 N–H and O–H groups in total. The molecule has 0 aliphatic heterocycles. The van der Waals surface area contributed by atoms with Gasteiger partial charge in [-0.1, -0.05) is 6.07 Å². The molecule has 0 aliphatic carbocycles. The Kier molecular flexibility index (Phi) is 4.80. The summed E-state index contributed by atoms with van der Waals surface area (Å²) >= 11 is 0. The van der Waals surface area contributed by atoms with Gasteiger partial charge in [-0.25, -0.2) is 4.79 Å². The number of anilines is 1. The number of carbonyl (C=O) groups excluding carboxylic acids is 1. The van der Waals surface area contributed by atoms with Crippen molar-refractivity contribution in [1.82, 2.24) is 5.32 Å². The number of benzene rings is 1. The molecule has 2 amide bonds. The Hall–Kier alpha value is -2.24. The third-order valence-electron chi connectivity index (χ3n) is 1.80. The van der Waals surface area contributed by atoms with Gasteiger partial charge in [-0.15, -0.1) is 0 Å². The van der Waals surface area contributed by atoms with Gasteiger partial charge in [-0.05, 0) is 19.1 Å². The summed E-state index contributed by atoms with van der Waals surface area (Å²) in [6, 6.07) is 6.27. The standard InChI is InChI=1S/C11H14N2O4/c1-2-17-9-5-3-4-8(6-9)13-11(16)12-7-10(14)15/h3-6H,2,7H2,1H3,(H,14,15)(H2,12,13,16). The molecule has 1 aromatic carbocycles. The molecule has 0 heterocycles. The summed E-state index contributed by atoms with van der Waals surface area (Å²) in [7, 11) is 0. The van der Waals surface area contributed by atoms with Crippen molar-refractivity contribution in [2.75, 3.05) is 18.5 Å². The fourth-order valence-electron chi connectivity index (χ4n) is 1.16. The topological polar surface area (TPSA) is 87.7 Å². The predicted octanol–water partition coefficient (Wildman–Crippen LogP) is 1.29. The van der Waals surface area contributed by atoms with Gasteiger partial charge >= 0.3 is 12.0 Å². The lowest BCUT2D eigenvalue weighted by atomic mass is 10.3. The van der Waals surface area contributed by atoms with Crippen molar-refractivity contribution >= 4 is 17.7 Å². The molecule has 0 spiro atoms. The van der Waals surface area contributed by atoms with E-state index in [-0.39, 0.29) is 0 Å². The number of nitrogens with one attached hydrogen (secondary N) is 2. The van der Waals surface area contributed by atoms with Crippen LogP contribution in [0.4, 0.5) is 10.5 Å². The maximum absolute atomic E-state index is 11.3. The first-order valence-corrected chi connectivity index (χ1v) is 5.11. The molecule has 1 aromatic rings. The summed E-state index contributed by atoms with van der Waals surface area (Å²) < 4.78 is 5.26. The van der Waals surface area contributed by atoms with Gasteiger partial charge in [0, 0.05) is 11.8 Å². The highest BCUT2D eigenvalue weighted by molar-refractivity contribution is 5.91. The summed E-state index contributed by atoms with van der Waals surface area (Å²) in [5.74, 6) is -0.452. The van der Waals surface area contributed by atoms with Crippen molar-refractivity contribution in [3.8, 4) is 5.75 Å². The Morgan fingerprint density at radius 3 is 2.82 bits per heavy atom. The fraction of sp³-hybridized carbons (Fsp3) is 0.273. The maximum atomic E-state index is 11.3. The van der Waals surface area contributed by atoms with Crippen LogP contribution in [0.3, 0.4) is 0 Å². The average molecular weight is 238 g/mol. The zero-order valence-electron chi connectivity index (χ0n) is 9.40. The van der Waals surface area contributed by atoms with Gasteiger partial charge < -0.3 is 20.5 Å². The van der Waals surface area contributed by atoms with Gasteiger partial charge in [0.2, 0.25) is 0 Å². The fourth-order valence-corrected chi connectivity index (χ4v) is 1.16. The van der Waals surface area contributed by atoms with Gasteiger partial charge in [0.25, 0.3) is 0 Å². The Morgan fingerprint density at radius 1 is 1.41 bits per heavy atom. The molecule has 0 saturated carbocycles. The van der Waals surface area contributed by atoms with E-state index in [4.69, 9.17) is 9.84 Å². The summed E-state index contributed by atoms with van der Waals surface area (Å²) in [4.78, 5) is 21.5. The Morgan fingerprint density at radius 2 is 2.18 bits per heavy atom. The highest BCUT2D eigenvalue weighted by atomic mass is 16.5. The van der Waals surface area contributed by atoms with Crippen LogP contribution in [0.25, 0.3) is 0 Å². The lowest BCUT2D eigenvalue weighted by molar-refractivity contribution is -0.135. The van der Waals surface area contributed by atoms with E-state index in [1.54, 1.807) is 24.3 Å². The van der Waals surface area contributed by atoms with E-state index in [0.717, 1.165) is 0 Å². The van der Waals surface area contributed by atoms with Gasteiger partial charge in [-0.3, -0.25) is 4.79 Å². The highest BCUT2D eigenvalue weighted by Gasteiger charge is 2.04. The minimum atomic E-state index is -1.09. The van der Waals surface area contributed by atoms with E-state index in [2.05, 4.69) is 10.6 Å². The van der Waals surface area contributed by atoms with Crippen LogP contribution in [0, 0.1) is 0 Å². The van der Waals surface area contributed by atoms with Crippen molar-refractivity contribution in [2.24, 2.45) is 0 Å². The van der Waals surface area contributed by atoms with Gasteiger partial charge in [0.05, 0.1) is 6.61 Å². The molecule has 0 atom stereocenters. The van der Waals surface area contributed by atoms with E-state index >= 15 is 0 Å². The molecule has 0 bridgehead atoms. The van der Waals surface area contributed by atoms with Crippen LogP contribution in [-0.2, 0) is 4.79 Å². The molecule has 6 nitrogen and oxygen atoms in total. The summed E-state index contributed by atoms with van der Waals surface area (Å²) in [6.07, 6.45) is 0. The largest absolute Gasteiger partial charge is 0.494 e. The van der Waals surface area contributed by atoms with Crippen LogP contribution in [0.15, 0.2) is 24.3 Å². The van der Waals surface area contributed by atoms with Crippen LogP contribution < -0.4 is 15.4 Å². The third-order valence-corrected chi connectivity index (χ3v) is 1.80. The molecule has 0 aromatic heterocycles. The zero-order valence-corrected chi connectivity index (χ0v) is 9.40. The normalized spacial score (nSPS) is 9.47. The number of carboxylic acids is 1. The summed E-state index contributed by atoms with van der Waals surface area (Å²) in [5.41, 5.74) is 0.541. The first kappa shape index (κ1) is 12.8. The molecule has 0 fully saturated rings. The van der Waals surface area contributed by atoms with Crippen LogP contribution >= 0.6 is 0 Å². The minimum absolute atomic E-state index is 0.420. The lowest BCUT2D eigenvalue weighted by Crippen LogP contribution is -2.33. The van der Waals surface area contributed by atoms with Crippen molar-refractivity contribution < 1.29 is 19.4 Å². The molecule has 6 heteroatoms. The molecule has 17 heavy (non-hydrogen) atoms. The second kappa shape index (κ2) is 6.37. The first-order chi connectivity index (χ1) is 8.11. The second-order valence-corrected chi connectivity index (χ2v) is 3.16. The van der Waals surface area contributed by atoms with Crippen LogP contribution in [0.5, 0.6) is 5.75 Å². The van der Waals surface area contributed by atoms with Crippen LogP contribution in [0.1, 0.15) is 6.92 Å². The van der Waals surface area contributed by atoms with Gasteiger partial charge in [0.1, 0.15) is 12.3 Å². The van der Waals surface area contributed by atoms with E-state index in [9.17, 15) is 9.59 Å². The Balaban J connectivity index is 2.52. The quantitative estimate of drug-likeness (QED) is 0.721. The van der Waals surface area contributed by atoms with E-state index in [1.165, 1.54) is 0 Å². The molecule has 1 rings (SSSR count). The first-order valence-electron chi connectivity index (χ1n) is 5.11. The number of hydrogen-bond donors (Lipinski definition) is 3. The molecule has 0 saturated heterocycles. The highest BCUT2D eigenvalue weighted by Crippen LogP contribution is 2.16. The number of urea groups is 1. The van der Waals surface area contributed by atoms with E-state index in [0.29, 0.717) is 18.0 Å². The summed E-state index contributed by atoms with van der Waals surface area (Å²) in [5, 5.41) is 13.1. The molecule has 0 radical (unpaired) electrons. The number of ether oxygens (including phenoxy) is 1. The smallest absolute Gasteiger partial charge is 0.323 e. The number of aliphatic carboxylic acids is 1. The SMILES string of the molecule is CCOc1cccc(NC(=O)NCC(=O)O)c1. The number of carbonyl (C=O) groups is 2. The van der Waals surface area contributed by atoms with Crippen molar-refractivity contribution in [2.45, 2.75) is 6.92 Å². The summed E-state index contributed by atoms with van der Waals surface area (Å²) in [6.45, 7) is 1.98. The zero-order chi connectivity index (χ0) is 12.7. The predicted molar refractivity (Wildman–Crippen MR) is 62.3 cm³/mol. The second-order valence-electron chi connectivity index (χ2n) is 3.16. The minimum Gasteiger partial charge on any atom is -0.494 e. The Labute approximate surface area is 98.6 Å². The monoisotopic (exact) mass is 238 g/mol. The van der Waals surface area contributed by atoms with Crippen LogP contribution in [0.2, 0.25) is 0 Å². The number of amides is 2. The van der Waals surface area contributed by atoms with Crippen molar-refractivity contribution in [3.63, 3.8) is 0 Å². The molecular formula is C11H14N2O4. The van der Waals surface area contributed by atoms with Crippen molar-refractivity contribution in [1.29, 1.82) is 0 Å². The molecule has 92 valence electrons. The number of rotatable bonds is 5. The van der Waals surface area contributed by atoms with Gasteiger partial charge in [-0.2, -0.15) is 0 Å². The van der Waals surface area contributed by atoms with E-state index in [1.807, 2.05) is 6.92 Å². The molecule has 0 unspecified atom stereocenters.